The van der Waals surface area contributed by atoms with E-state index in [4.69, 9.17) is 0 Å². The molecular weight excluding hydrogens is 230 g/mol. The van der Waals surface area contributed by atoms with Crippen molar-refractivity contribution in [1.82, 2.24) is 9.80 Å². The Kier molecular flexibility index (Phi) is 2.89. The topological polar surface area (TPSA) is 53.0 Å². The van der Waals surface area contributed by atoms with E-state index in [0.717, 1.165) is 32.2 Å². The molecule has 96 valence electrons. The fourth-order valence-corrected chi connectivity index (χ4v) is 2.56. The Morgan fingerprint density at radius 2 is 2.11 bits per heavy atom. The van der Waals surface area contributed by atoms with Crippen molar-refractivity contribution in [2.75, 3.05) is 19.6 Å². The summed E-state index contributed by atoms with van der Waals surface area (Å²) < 4.78 is 0. The molecule has 3 rings (SSSR count). The molecule has 3 heterocycles. The maximum atomic E-state index is 12.3. The molecule has 1 unspecified atom stereocenters. The van der Waals surface area contributed by atoms with E-state index in [9.17, 15) is 9.59 Å². The Bertz CT molecular complexity index is 442. The average molecular weight is 247 g/mol. The minimum absolute atomic E-state index is 0.0243. The van der Waals surface area contributed by atoms with Crippen LogP contribution in [-0.2, 0) is 9.59 Å². The first-order valence-electron chi connectivity index (χ1n) is 6.59. The van der Waals surface area contributed by atoms with Gasteiger partial charge < -0.3 is 9.80 Å². The molecule has 0 bridgehead atoms. The van der Waals surface area contributed by atoms with Gasteiger partial charge in [0.2, 0.25) is 5.91 Å². The van der Waals surface area contributed by atoms with E-state index in [1.165, 1.54) is 0 Å². The summed E-state index contributed by atoms with van der Waals surface area (Å²) in [7, 11) is 0. The molecular formula is C13H17N3O2. The maximum Gasteiger partial charge on any atom is 0.268 e. The van der Waals surface area contributed by atoms with Crippen LogP contribution in [0.25, 0.3) is 0 Å². The highest BCUT2D eigenvalue weighted by atomic mass is 16.2. The van der Waals surface area contributed by atoms with Crippen LogP contribution < -0.4 is 0 Å². The molecule has 3 aliphatic heterocycles. The molecule has 18 heavy (non-hydrogen) atoms. The zero-order chi connectivity index (χ0) is 12.5. The summed E-state index contributed by atoms with van der Waals surface area (Å²) in [6.07, 6.45) is 7.29. The van der Waals surface area contributed by atoms with E-state index in [0.29, 0.717) is 18.8 Å². The van der Waals surface area contributed by atoms with Gasteiger partial charge in [0, 0.05) is 32.3 Å². The Labute approximate surface area is 106 Å². The number of hydrogen-bond acceptors (Lipinski definition) is 3. The summed E-state index contributed by atoms with van der Waals surface area (Å²) in [6.45, 7) is 2.12. The third-order valence-electron chi connectivity index (χ3n) is 3.82. The zero-order valence-corrected chi connectivity index (χ0v) is 10.3. The number of nitrogens with zero attached hydrogens (tertiary/aromatic N) is 3. The molecule has 2 amide bonds. The molecule has 0 spiro atoms. The molecule has 0 aromatic carbocycles. The molecule has 1 atom stereocenters. The van der Waals surface area contributed by atoms with Gasteiger partial charge in [-0.05, 0) is 25.3 Å². The standard InChI is InChI=1S/C13H17N3O2/c17-12(10-5-6-14-10)16-9-2-1-4-11(16)13(18)15-7-3-8-15/h3,7,11H,1-2,4-6,8-9H2. The minimum Gasteiger partial charge on any atom is -0.326 e. The van der Waals surface area contributed by atoms with Crippen molar-refractivity contribution in [2.24, 2.45) is 4.99 Å². The first-order valence-corrected chi connectivity index (χ1v) is 6.59. The van der Waals surface area contributed by atoms with Gasteiger partial charge in [-0.1, -0.05) is 0 Å². The van der Waals surface area contributed by atoms with Gasteiger partial charge in [-0.3, -0.25) is 14.6 Å². The predicted molar refractivity (Wildman–Crippen MR) is 67.1 cm³/mol. The molecule has 0 aliphatic carbocycles. The monoisotopic (exact) mass is 247 g/mol. The van der Waals surface area contributed by atoms with Gasteiger partial charge in [-0.15, -0.1) is 0 Å². The molecule has 3 aliphatic rings. The van der Waals surface area contributed by atoms with Crippen molar-refractivity contribution in [1.29, 1.82) is 0 Å². The van der Waals surface area contributed by atoms with Crippen molar-refractivity contribution in [3.05, 3.63) is 12.3 Å². The van der Waals surface area contributed by atoms with Crippen molar-refractivity contribution in [3.8, 4) is 0 Å². The highest BCUT2D eigenvalue weighted by Gasteiger charge is 2.37. The minimum atomic E-state index is -0.278. The van der Waals surface area contributed by atoms with Crippen LogP contribution in [0.2, 0.25) is 0 Å². The first-order chi connectivity index (χ1) is 8.77. The summed E-state index contributed by atoms with van der Waals surface area (Å²) in [5.41, 5.74) is 0.647. The zero-order valence-electron chi connectivity index (χ0n) is 10.3. The third kappa shape index (κ3) is 1.83. The molecule has 5 nitrogen and oxygen atoms in total. The van der Waals surface area contributed by atoms with Gasteiger partial charge in [0.05, 0.1) is 0 Å². The Morgan fingerprint density at radius 1 is 1.33 bits per heavy atom. The Balaban J connectivity index is 1.74. The largest absolute Gasteiger partial charge is 0.326 e. The number of carbonyl (C=O) groups excluding carboxylic acids is 2. The van der Waals surface area contributed by atoms with Gasteiger partial charge in [-0.2, -0.15) is 0 Å². The molecule has 0 aromatic heterocycles. The van der Waals surface area contributed by atoms with Crippen LogP contribution in [0.1, 0.15) is 25.7 Å². The lowest BCUT2D eigenvalue weighted by molar-refractivity contribution is -0.143. The van der Waals surface area contributed by atoms with E-state index < -0.39 is 0 Å². The number of likely N-dealkylation sites (tertiary alicyclic amines) is 1. The lowest BCUT2D eigenvalue weighted by Crippen LogP contribution is -2.55. The van der Waals surface area contributed by atoms with Crippen LogP contribution in [0, 0.1) is 0 Å². The van der Waals surface area contributed by atoms with Crippen molar-refractivity contribution in [2.45, 2.75) is 31.7 Å². The van der Waals surface area contributed by atoms with Crippen LogP contribution >= 0.6 is 0 Å². The second-order valence-electron chi connectivity index (χ2n) is 4.96. The van der Waals surface area contributed by atoms with Crippen LogP contribution in [0.5, 0.6) is 0 Å². The summed E-state index contributed by atoms with van der Waals surface area (Å²) in [6, 6.07) is -0.278. The second kappa shape index (κ2) is 4.55. The van der Waals surface area contributed by atoms with Crippen LogP contribution in [0.4, 0.5) is 0 Å². The molecule has 0 radical (unpaired) electrons. The smallest absolute Gasteiger partial charge is 0.268 e. The van der Waals surface area contributed by atoms with Crippen LogP contribution in [0.15, 0.2) is 17.3 Å². The van der Waals surface area contributed by atoms with Gasteiger partial charge in [0.25, 0.3) is 5.91 Å². The number of amides is 2. The van der Waals surface area contributed by atoms with Crippen LogP contribution in [0.3, 0.4) is 0 Å². The number of piperidine rings is 1. The molecule has 0 saturated carbocycles. The van der Waals surface area contributed by atoms with Crippen molar-refractivity contribution in [3.63, 3.8) is 0 Å². The van der Waals surface area contributed by atoms with Crippen molar-refractivity contribution >= 4 is 17.5 Å². The van der Waals surface area contributed by atoms with Crippen molar-refractivity contribution < 1.29 is 9.59 Å². The second-order valence-corrected chi connectivity index (χ2v) is 4.96. The van der Waals surface area contributed by atoms with Gasteiger partial charge >= 0.3 is 0 Å². The summed E-state index contributed by atoms with van der Waals surface area (Å²) in [5, 5.41) is 0. The van der Waals surface area contributed by atoms with E-state index in [2.05, 4.69) is 4.99 Å². The third-order valence-corrected chi connectivity index (χ3v) is 3.82. The highest BCUT2D eigenvalue weighted by Crippen LogP contribution is 2.22. The Morgan fingerprint density at radius 3 is 2.67 bits per heavy atom. The SMILES string of the molecule is O=C(C1CCCCN1C(=O)C1=NCC1)N1C=CC1. The number of carbonyl (C=O) groups is 2. The lowest BCUT2D eigenvalue weighted by Gasteiger charge is -2.38. The molecule has 0 N–H and O–H groups in total. The van der Waals surface area contributed by atoms with Crippen LogP contribution in [-0.4, -0.2) is 53.0 Å². The van der Waals surface area contributed by atoms with Gasteiger partial charge in [-0.25, -0.2) is 0 Å². The Hall–Kier alpha value is -1.65. The van der Waals surface area contributed by atoms with Gasteiger partial charge in [0.15, 0.2) is 0 Å². The quantitative estimate of drug-likeness (QED) is 0.716. The number of aliphatic imine (C=N–C) groups is 1. The maximum absolute atomic E-state index is 12.3. The molecule has 0 aromatic rings. The van der Waals surface area contributed by atoms with E-state index in [-0.39, 0.29) is 17.9 Å². The summed E-state index contributed by atoms with van der Waals surface area (Å²) in [4.78, 5) is 32.0. The average Bonchev–Trinajstić information content (AvgIpc) is 2.24. The lowest BCUT2D eigenvalue weighted by atomic mass is 9.98. The first kappa shape index (κ1) is 11.4. The fraction of sp³-hybridized carbons (Fsp3) is 0.615. The molecule has 5 heteroatoms. The normalized spacial score (nSPS) is 26.2. The summed E-state index contributed by atoms with van der Waals surface area (Å²) in [5.74, 6) is 0.0364. The van der Waals surface area contributed by atoms with E-state index in [1.807, 2.05) is 6.08 Å². The fourth-order valence-electron chi connectivity index (χ4n) is 2.56. The number of rotatable bonds is 2. The number of hydrogen-bond donors (Lipinski definition) is 0. The highest BCUT2D eigenvalue weighted by molar-refractivity contribution is 6.40. The predicted octanol–water partition coefficient (Wildman–Crippen LogP) is 0.568. The van der Waals surface area contributed by atoms with E-state index in [1.54, 1.807) is 16.0 Å². The van der Waals surface area contributed by atoms with E-state index >= 15 is 0 Å². The summed E-state index contributed by atoms with van der Waals surface area (Å²) >= 11 is 0. The van der Waals surface area contributed by atoms with Gasteiger partial charge in [0.1, 0.15) is 11.8 Å². The molecule has 1 saturated heterocycles. The molecule has 1 fully saturated rings.